The molecular weight excluding hydrogens is 389 g/mol. The third-order valence-electron chi connectivity index (χ3n) is 3.10. The van der Waals surface area contributed by atoms with Crippen LogP contribution in [0, 0.1) is 0 Å². The summed E-state index contributed by atoms with van der Waals surface area (Å²) in [7, 11) is 0. The maximum atomic E-state index is 12.4. The Kier molecular flexibility index (Phi) is 6.91. The summed E-state index contributed by atoms with van der Waals surface area (Å²) in [5.74, 6) is -0.350. The minimum Gasteiger partial charge on any atom is -0.363 e. The van der Waals surface area contributed by atoms with Crippen LogP contribution in [0.15, 0.2) is 23.1 Å². The number of nitrogens with one attached hydrogen (secondary N) is 2. The summed E-state index contributed by atoms with van der Waals surface area (Å²) in [5, 5.41) is 6.79. The topological polar surface area (TPSA) is 61.4 Å². The van der Waals surface area contributed by atoms with E-state index in [4.69, 9.17) is 35.4 Å². The highest BCUT2D eigenvalue weighted by Gasteiger charge is 2.34. The van der Waals surface area contributed by atoms with Crippen molar-refractivity contribution in [3.8, 4) is 0 Å². The molecule has 1 aromatic carbocycles. The normalized spacial score (nSPS) is 16.0. The zero-order valence-corrected chi connectivity index (χ0v) is 15.9. The van der Waals surface area contributed by atoms with E-state index in [9.17, 15) is 9.59 Å². The molecule has 5 nitrogen and oxygen atoms in total. The van der Waals surface area contributed by atoms with E-state index in [1.807, 2.05) is 6.92 Å². The van der Waals surface area contributed by atoms with Gasteiger partial charge in [0.25, 0.3) is 11.1 Å². The first-order valence-corrected chi connectivity index (χ1v) is 9.13. The molecule has 9 heteroatoms. The lowest BCUT2D eigenvalue weighted by Gasteiger charge is -2.14. The zero-order valence-electron chi connectivity index (χ0n) is 12.8. The van der Waals surface area contributed by atoms with Crippen LogP contribution in [0.4, 0.5) is 4.79 Å². The molecule has 0 bridgehead atoms. The van der Waals surface area contributed by atoms with Crippen molar-refractivity contribution in [3.63, 3.8) is 0 Å². The molecule has 2 amide bonds. The van der Waals surface area contributed by atoms with E-state index in [2.05, 4.69) is 10.6 Å². The lowest BCUT2D eigenvalue weighted by atomic mass is 10.2. The Bertz CT molecular complexity index is 710. The number of hydrogen-bond donors (Lipinski definition) is 2. The number of imide groups is 1. The molecule has 0 aromatic heterocycles. The van der Waals surface area contributed by atoms with Crippen LogP contribution < -0.4 is 10.6 Å². The van der Waals surface area contributed by atoms with E-state index in [-0.39, 0.29) is 17.7 Å². The number of thioether (sulfide) groups is 1. The molecule has 1 aliphatic rings. The van der Waals surface area contributed by atoms with E-state index in [1.165, 1.54) is 4.90 Å². The quantitative estimate of drug-likeness (QED) is 0.579. The van der Waals surface area contributed by atoms with Gasteiger partial charge in [-0.05, 0) is 48.6 Å². The Labute approximate surface area is 159 Å². The SMILES string of the molecule is CCNC(=S)NCCN1C(=O)S/C(=C\c2cccc(Cl)c2Cl)C1=O. The number of amides is 2. The Morgan fingerprint density at radius 2 is 2.08 bits per heavy atom. The largest absolute Gasteiger partial charge is 0.363 e. The maximum absolute atomic E-state index is 12.4. The van der Waals surface area contributed by atoms with Gasteiger partial charge in [0.15, 0.2) is 5.11 Å². The summed E-state index contributed by atoms with van der Waals surface area (Å²) < 4.78 is 0. The molecule has 0 radical (unpaired) electrons. The Balaban J connectivity index is 2.04. The van der Waals surface area contributed by atoms with E-state index >= 15 is 0 Å². The maximum Gasteiger partial charge on any atom is 0.293 e. The fourth-order valence-corrected chi connectivity index (χ4v) is 3.43. The van der Waals surface area contributed by atoms with Gasteiger partial charge in [-0.25, -0.2) is 0 Å². The number of benzene rings is 1. The van der Waals surface area contributed by atoms with Crippen molar-refractivity contribution in [1.82, 2.24) is 15.5 Å². The summed E-state index contributed by atoms with van der Waals surface area (Å²) >= 11 is 18.0. The predicted molar refractivity (Wildman–Crippen MR) is 103 cm³/mol. The second kappa shape index (κ2) is 8.71. The van der Waals surface area contributed by atoms with Gasteiger partial charge in [-0.2, -0.15) is 0 Å². The highest BCUT2D eigenvalue weighted by molar-refractivity contribution is 8.18. The van der Waals surface area contributed by atoms with Crippen LogP contribution in [0.5, 0.6) is 0 Å². The minimum absolute atomic E-state index is 0.233. The van der Waals surface area contributed by atoms with Crippen LogP contribution in [0.25, 0.3) is 6.08 Å². The van der Waals surface area contributed by atoms with Gasteiger partial charge in [0, 0.05) is 19.6 Å². The average molecular weight is 404 g/mol. The first kappa shape index (κ1) is 19.1. The molecular formula is C15H15Cl2N3O2S2. The second-order valence-corrected chi connectivity index (χ2v) is 6.95. The number of carbonyl (C=O) groups excluding carboxylic acids is 2. The molecule has 24 heavy (non-hydrogen) atoms. The summed E-state index contributed by atoms with van der Waals surface area (Å²) in [4.78, 5) is 25.9. The molecule has 1 aromatic rings. The second-order valence-electron chi connectivity index (χ2n) is 4.76. The van der Waals surface area contributed by atoms with Crippen LogP contribution in [0.2, 0.25) is 10.0 Å². The Morgan fingerprint density at radius 1 is 1.33 bits per heavy atom. The fourth-order valence-electron chi connectivity index (χ4n) is 1.97. The van der Waals surface area contributed by atoms with Crippen molar-refractivity contribution in [2.24, 2.45) is 0 Å². The van der Waals surface area contributed by atoms with Gasteiger partial charge in [-0.1, -0.05) is 35.3 Å². The third-order valence-corrected chi connectivity index (χ3v) is 5.13. The number of thiocarbonyl (C=S) groups is 1. The number of halogens is 2. The van der Waals surface area contributed by atoms with Crippen molar-refractivity contribution in [2.75, 3.05) is 19.6 Å². The molecule has 1 aliphatic heterocycles. The van der Waals surface area contributed by atoms with Gasteiger partial charge in [0.1, 0.15) is 0 Å². The standard InChI is InChI=1S/C15H15Cl2N3O2S2/c1-2-18-14(23)19-6-7-20-13(21)11(24-15(20)22)8-9-4-3-5-10(16)12(9)17/h3-5,8H,2,6-7H2,1H3,(H2,18,19,23)/b11-8-. The van der Waals surface area contributed by atoms with Crippen LogP contribution in [-0.2, 0) is 4.79 Å². The summed E-state index contributed by atoms with van der Waals surface area (Å²) in [6.45, 7) is 3.25. The molecule has 2 N–H and O–H groups in total. The van der Waals surface area contributed by atoms with Crippen molar-refractivity contribution < 1.29 is 9.59 Å². The average Bonchev–Trinajstić information content (AvgIpc) is 2.79. The predicted octanol–water partition coefficient (Wildman–Crippen LogP) is 3.51. The molecule has 0 saturated carbocycles. The van der Waals surface area contributed by atoms with Gasteiger partial charge in [-0.15, -0.1) is 0 Å². The van der Waals surface area contributed by atoms with Gasteiger partial charge in [0.2, 0.25) is 0 Å². The van der Waals surface area contributed by atoms with Crippen LogP contribution in [0.3, 0.4) is 0 Å². The van der Waals surface area contributed by atoms with Crippen LogP contribution in [-0.4, -0.2) is 40.8 Å². The lowest BCUT2D eigenvalue weighted by Crippen LogP contribution is -2.41. The fraction of sp³-hybridized carbons (Fsp3) is 0.267. The van der Waals surface area contributed by atoms with Crippen molar-refractivity contribution in [3.05, 3.63) is 38.7 Å². The number of nitrogens with zero attached hydrogens (tertiary/aromatic N) is 1. The van der Waals surface area contributed by atoms with Crippen molar-refractivity contribution in [1.29, 1.82) is 0 Å². The highest BCUT2D eigenvalue weighted by atomic mass is 35.5. The molecule has 1 fully saturated rings. The molecule has 0 aliphatic carbocycles. The van der Waals surface area contributed by atoms with Gasteiger partial charge >= 0.3 is 0 Å². The lowest BCUT2D eigenvalue weighted by molar-refractivity contribution is -0.122. The van der Waals surface area contributed by atoms with E-state index in [1.54, 1.807) is 24.3 Å². The molecule has 2 rings (SSSR count). The Hall–Kier alpha value is -1.28. The van der Waals surface area contributed by atoms with E-state index < -0.39 is 0 Å². The van der Waals surface area contributed by atoms with E-state index in [0.717, 1.165) is 11.8 Å². The highest BCUT2D eigenvalue weighted by Crippen LogP contribution is 2.34. The minimum atomic E-state index is -0.350. The van der Waals surface area contributed by atoms with Crippen molar-refractivity contribution >= 4 is 69.5 Å². The smallest absolute Gasteiger partial charge is 0.293 e. The van der Waals surface area contributed by atoms with E-state index in [0.29, 0.717) is 38.7 Å². The molecule has 0 spiro atoms. The first-order chi connectivity index (χ1) is 11.4. The molecule has 1 saturated heterocycles. The Morgan fingerprint density at radius 3 is 2.79 bits per heavy atom. The molecule has 128 valence electrons. The first-order valence-electron chi connectivity index (χ1n) is 7.15. The number of rotatable bonds is 5. The monoisotopic (exact) mass is 403 g/mol. The van der Waals surface area contributed by atoms with Crippen LogP contribution in [0.1, 0.15) is 12.5 Å². The molecule has 0 unspecified atom stereocenters. The summed E-state index contributed by atoms with van der Waals surface area (Å²) in [6.07, 6.45) is 1.58. The van der Waals surface area contributed by atoms with Gasteiger partial charge in [-0.3, -0.25) is 14.5 Å². The van der Waals surface area contributed by atoms with Crippen molar-refractivity contribution in [2.45, 2.75) is 6.92 Å². The molecule has 1 heterocycles. The van der Waals surface area contributed by atoms with Crippen LogP contribution >= 0.6 is 47.2 Å². The number of hydrogen-bond acceptors (Lipinski definition) is 4. The number of carbonyl (C=O) groups is 2. The summed E-state index contributed by atoms with van der Waals surface area (Å²) in [6, 6.07) is 5.13. The summed E-state index contributed by atoms with van der Waals surface area (Å²) in [5.41, 5.74) is 0.598. The molecule has 0 atom stereocenters. The van der Waals surface area contributed by atoms with Gasteiger partial charge in [0.05, 0.1) is 15.0 Å². The third kappa shape index (κ3) is 4.63. The zero-order chi connectivity index (χ0) is 17.7. The van der Waals surface area contributed by atoms with Gasteiger partial charge < -0.3 is 10.6 Å².